The predicted molar refractivity (Wildman–Crippen MR) is 87.4 cm³/mol. The van der Waals surface area contributed by atoms with Crippen LogP contribution in [0, 0.1) is 19.8 Å². The Morgan fingerprint density at radius 3 is 2.41 bits per heavy atom. The molecule has 1 saturated heterocycles. The molecule has 7 heteroatoms. The van der Waals surface area contributed by atoms with Gasteiger partial charge in [-0.1, -0.05) is 6.92 Å². The third-order valence-electron chi connectivity index (χ3n) is 4.56. The van der Waals surface area contributed by atoms with E-state index in [0.717, 1.165) is 13.1 Å². The van der Waals surface area contributed by atoms with Crippen molar-refractivity contribution in [2.75, 3.05) is 13.1 Å². The number of nitrogens with one attached hydrogen (secondary N) is 1. The molecule has 0 aromatic carbocycles. The van der Waals surface area contributed by atoms with E-state index in [1.165, 1.54) is 0 Å². The number of likely N-dealkylation sites (tertiary alicyclic amines) is 1. The van der Waals surface area contributed by atoms with E-state index in [1.54, 1.807) is 11.6 Å². The van der Waals surface area contributed by atoms with Crippen LogP contribution in [0.1, 0.15) is 39.1 Å². The topological polar surface area (TPSA) is 67.2 Å². The average molecular weight is 328 g/mol. The second-order valence-electron chi connectivity index (χ2n) is 6.57. The van der Waals surface area contributed by atoms with Gasteiger partial charge in [0.25, 0.3) is 0 Å². The highest BCUT2D eigenvalue weighted by molar-refractivity contribution is 7.89. The minimum atomic E-state index is -3.54. The van der Waals surface area contributed by atoms with Crippen molar-refractivity contribution in [3.05, 3.63) is 11.4 Å². The predicted octanol–water partition coefficient (Wildman–Crippen LogP) is 1.53. The van der Waals surface area contributed by atoms with Crippen molar-refractivity contribution in [2.45, 2.75) is 65.1 Å². The zero-order valence-corrected chi connectivity index (χ0v) is 15.2. The van der Waals surface area contributed by atoms with E-state index in [2.05, 4.69) is 35.5 Å². The molecule has 0 saturated carbocycles. The fraction of sp³-hybridized carbons (Fsp3) is 0.800. The van der Waals surface area contributed by atoms with Crippen molar-refractivity contribution in [3.63, 3.8) is 0 Å². The maximum Gasteiger partial charge on any atom is 0.244 e. The lowest BCUT2D eigenvalue weighted by Gasteiger charge is -2.20. The van der Waals surface area contributed by atoms with Crippen LogP contribution in [0.25, 0.3) is 0 Å². The summed E-state index contributed by atoms with van der Waals surface area (Å²) in [5.41, 5.74) is 1.28. The zero-order valence-electron chi connectivity index (χ0n) is 14.4. The van der Waals surface area contributed by atoms with Gasteiger partial charge in [-0.05, 0) is 40.5 Å². The van der Waals surface area contributed by atoms with Crippen LogP contribution >= 0.6 is 0 Å². The molecule has 1 aromatic heterocycles. The Morgan fingerprint density at radius 1 is 1.32 bits per heavy atom. The van der Waals surface area contributed by atoms with Crippen molar-refractivity contribution >= 4 is 10.0 Å². The van der Waals surface area contributed by atoms with Gasteiger partial charge in [0.1, 0.15) is 4.90 Å². The molecule has 2 heterocycles. The highest BCUT2D eigenvalue weighted by Gasteiger charge is 2.35. The van der Waals surface area contributed by atoms with E-state index < -0.39 is 10.0 Å². The molecule has 0 bridgehead atoms. The Balaban J connectivity index is 2.24. The number of hydrogen-bond acceptors (Lipinski definition) is 4. The quantitative estimate of drug-likeness (QED) is 0.890. The fourth-order valence-electron chi connectivity index (χ4n) is 3.21. The van der Waals surface area contributed by atoms with Gasteiger partial charge in [-0.3, -0.25) is 9.58 Å². The van der Waals surface area contributed by atoms with Crippen molar-refractivity contribution < 1.29 is 8.42 Å². The Hall–Kier alpha value is -0.920. The van der Waals surface area contributed by atoms with Gasteiger partial charge >= 0.3 is 0 Å². The molecule has 1 N–H and O–H groups in total. The number of nitrogens with zero attached hydrogens (tertiary/aromatic N) is 3. The second kappa shape index (κ2) is 6.29. The maximum absolute atomic E-state index is 12.8. The third kappa shape index (κ3) is 3.21. The molecule has 1 aliphatic heterocycles. The minimum absolute atomic E-state index is 0.0452. The molecule has 0 spiro atoms. The standard InChI is InChI=1S/C15H28N4O2S/c1-7-19-13(6)15(12(5)16-19)22(20,21)17-14-9-18(10(2)3)8-11(14)4/h10-11,14,17H,7-9H2,1-6H3/t11-,14-/m1/s1. The van der Waals surface area contributed by atoms with E-state index >= 15 is 0 Å². The first kappa shape index (κ1) is 17.4. The highest BCUT2D eigenvalue weighted by atomic mass is 32.2. The Bertz CT molecular complexity index is 636. The summed E-state index contributed by atoms with van der Waals surface area (Å²) in [6, 6.07) is 0.388. The fourth-order valence-corrected chi connectivity index (χ4v) is 4.96. The van der Waals surface area contributed by atoms with E-state index in [0.29, 0.717) is 34.8 Å². The summed E-state index contributed by atoms with van der Waals surface area (Å²) in [5, 5.41) is 4.32. The van der Waals surface area contributed by atoms with Gasteiger partial charge < -0.3 is 0 Å². The van der Waals surface area contributed by atoms with Gasteiger partial charge in [0.05, 0.1) is 11.4 Å². The average Bonchev–Trinajstić information content (AvgIpc) is 2.90. The lowest BCUT2D eigenvalue weighted by molar-refractivity contribution is 0.265. The smallest absolute Gasteiger partial charge is 0.244 e. The van der Waals surface area contributed by atoms with Crippen molar-refractivity contribution in [1.29, 1.82) is 0 Å². The molecule has 0 unspecified atom stereocenters. The molecule has 2 atom stereocenters. The lowest BCUT2D eigenvalue weighted by Crippen LogP contribution is -2.40. The summed E-state index contributed by atoms with van der Waals surface area (Å²) >= 11 is 0. The van der Waals surface area contributed by atoms with Gasteiger partial charge in [0, 0.05) is 31.7 Å². The molecule has 1 fully saturated rings. The third-order valence-corrected chi connectivity index (χ3v) is 6.30. The van der Waals surface area contributed by atoms with Crippen LogP contribution in [0.5, 0.6) is 0 Å². The summed E-state index contributed by atoms with van der Waals surface area (Å²) in [6.45, 7) is 14.3. The summed E-state index contributed by atoms with van der Waals surface area (Å²) in [4.78, 5) is 2.65. The van der Waals surface area contributed by atoms with Crippen LogP contribution in [-0.4, -0.2) is 48.3 Å². The van der Waals surface area contributed by atoms with Crippen LogP contribution < -0.4 is 4.72 Å². The normalized spacial score (nSPS) is 23.6. The number of hydrogen-bond donors (Lipinski definition) is 1. The van der Waals surface area contributed by atoms with Crippen LogP contribution in [0.3, 0.4) is 0 Å². The molecule has 2 rings (SSSR count). The molecule has 126 valence electrons. The van der Waals surface area contributed by atoms with Crippen LogP contribution in [-0.2, 0) is 16.6 Å². The van der Waals surface area contributed by atoms with Gasteiger partial charge in [-0.2, -0.15) is 5.10 Å². The molecule has 0 aliphatic carbocycles. The van der Waals surface area contributed by atoms with Crippen molar-refractivity contribution in [3.8, 4) is 0 Å². The molecular formula is C15H28N4O2S. The molecule has 22 heavy (non-hydrogen) atoms. The highest BCUT2D eigenvalue weighted by Crippen LogP contribution is 2.24. The molecule has 1 aliphatic rings. The summed E-state index contributed by atoms with van der Waals surface area (Å²) < 4.78 is 30.2. The largest absolute Gasteiger partial charge is 0.299 e. The van der Waals surface area contributed by atoms with Gasteiger partial charge in [-0.25, -0.2) is 13.1 Å². The first-order valence-corrected chi connectivity index (χ1v) is 9.46. The van der Waals surface area contributed by atoms with E-state index in [1.807, 2.05) is 13.8 Å². The SMILES string of the molecule is CCn1nc(C)c(S(=O)(=O)N[C@@H]2CN(C(C)C)C[C@H]2C)c1C. The minimum Gasteiger partial charge on any atom is -0.299 e. The zero-order chi connectivity index (χ0) is 16.7. The molecule has 1 aromatic rings. The molecule has 6 nitrogen and oxygen atoms in total. The number of aromatic nitrogens is 2. The van der Waals surface area contributed by atoms with Gasteiger partial charge in [0.2, 0.25) is 10.0 Å². The number of sulfonamides is 1. The number of rotatable bonds is 5. The van der Waals surface area contributed by atoms with Gasteiger partial charge in [0.15, 0.2) is 0 Å². The maximum atomic E-state index is 12.8. The summed E-state index contributed by atoms with van der Waals surface area (Å²) in [6.07, 6.45) is 0. The lowest BCUT2D eigenvalue weighted by atomic mass is 10.1. The first-order chi connectivity index (χ1) is 10.2. The van der Waals surface area contributed by atoms with E-state index in [-0.39, 0.29) is 6.04 Å². The van der Waals surface area contributed by atoms with E-state index in [4.69, 9.17) is 0 Å². The van der Waals surface area contributed by atoms with Crippen LogP contribution in [0.15, 0.2) is 4.90 Å². The second-order valence-corrected chi connectivity index (χ2v) is 8.22. The van der Waals surface area contributed by atoms with Crippen molar-refractivity contribution in [2.24, 2.45) is 5.92 Å². The summed E-state index contributed by atoms with van der Waals surface area (Å²) in [7, 11) is -3.54. The van der Waals surface area contributed by atoms with Crippen LogP contribution in [0.4, 0.5) is 0 Å². The molecule has 0 amide bonds. The van der Waals surface area contributed by atoms with E-state index in [9.17, 15) is 8.42 Å². The Kier molecular flexibility index (Phi) is 4.99. The van der Waals surface area contributed by atoms with Crippen LogP contribution in [0.2, 0.25) is 0 Å². The Morgan fingerprint density at radius 2 is 1.95 bits per heavy atom. The Labute approximate surface area is 133 Å². The molecule has 0 radical (unpaired) electrons. The first-order valence-electron chi connectivity index (χ1n) is 7.97. The monoisotopic (exact) mass is 328 g/mol. The summed E-state index contributed by atoms with van der Waals surface area (Å²) in [5.74, 6) is 0.305. The van der Waals surface area contributed by atoms with Crippen molar-refractivity contribution in [1.82, 2.24) is 19.4 Å². The molecular weight excluding hydrogens is 300 g/mol. The number of aryl methyl sites for hydroxylation is 2. The van der Waals surface area contributed by atoms with Gasteiger partial charge in [-0.15, -0.1) is 0 Å².